The van der Waals surface area contributed by atoms with Crippen LogP contribution in [-0.2, 0) is 0 Å². The minimum Gasteiger partial charge on any atom is -0.496 e. The van der Waals surface area contributed by atoms with E-state index in [1.165, 1.54) is 11.1 Å². The lowest BCUT2D eigenvalue weighted by Gasteiger charge is -2.15. The summed E-state index contributed by atoms with van der Waals surface area (Å²) in [7, 11) is 1.72. The number of aryl methyl sites for hydroxylation is 1. The second-order valence-corrected chi connectivity index (χ2v) is 5.00. The van der Waals surface area contributed by atoms with Gasteiger partial charge in [0.25, 0.3) is 0 Å². The maximum absolute atomic E-state index is 5.95. The van der Waals surface area contributed by atoms with Crippen LogP contribution in [0.5, 0.6) is 5.75 Å². The predicted octanol–water partition coefficient (Wildman–Crippen LogP) is 4.00. The molecule has 100 valence electrons. The number of nitrogens with two attached hydrogens (primary N) is 1. The first kappa shape index (κ1) is 13.6. The average Bonchev–Trinajstić information content (AvgIpc) is 2.41. The summed E-state index contributed by atoms with van der Waals surface area (Å²) in [4.78, 5) is 0. The lowest BCUT2D eigenvalue weighted by molar-refractivity contribution is 0.413. The van der Waals surface area contributed by atoms with E-state index in [0.717, 1.165) is 22.4 Å². The van der Waals surface area contributed by atoms with Crippen molar-refractivity contribution in [2.24, 2.45) is 5.73 Å². The van der Waals surface area contributed by atoms with Crippen LogP contribution in [0.15, 0.2) is 36.4 Å². The van der Waals surface area contributed by atoms with Crippen molar-refractivity contribution in [2.75, 3.05) is 7.11 Å². The van der Waals surface area contributed by atoms with Crippen molar-refractivity contribution in [3.63, 3.8) is 0 Å². The Morgan fingerprint density at radius 3 is 2.47 bits per heavy atom. The van der Waals surface area contributed by atoms with E-state index in [-0.39, 0.29) is 6.04 Å². The molecule has 0 saturated heterocycles. The van der Waals surface area contributed by atoms with Gasteiger partial charge >= 0.3 is 0 Å². The number of hydrogen-bond donors (Lipinski definition) is 1. The molecule has 0 fully saturated rings. The Bertz CT molecular complexity index is 588. The van der Waals surface area contributed by atoms with Crippen molar-refractivity contribution >= 4 is 0 Å². The summed E-state index contributed by atoms with van der Waals surface area (Å²) in [6.45, 7) is 6.18. The highest BCUT2D eigenvalue weighted by Gasteiger charge is 2.11. The summed E-state index contributed by atoms with van der Waals surface area (Å²) < 4.78 is 5.58. The molecule has 0 aliphatic rings. The minimum atomic E-state index is 0.0393. The van der Waals surface area contributed by atoms with Crippen LogP contribution in [0.2, 0.25) is 0 Å². The average molecular weight is 255 g/mol. The molecule has 19 heavy (non-hydrogen) atoms. The Kier molecular flexibility index (Phi) is 3.91. The maximum Gasteiger partial charge on any atom is 0.129 e. The van der Waals surface area contributed by atoms with Gasteiger partial charge in [0.2, 0.25) is 0 Å². The van der Waals surface area contributed by atoms with Crippen molar-refractivity contribution in [1.29, 1.82) is 0 Å². The molecule has 0 amide bonds. The molecule has 0 radical (unpaired) electrons. The van der Waals surface area contributed by atoms with E-state index in [9.17, 15) is 0 Å². The van der Waals surface area contributed by atoms with Gasteiger partial charge in [-0.25, -0.2) is 0 Å². The van der Waals surface area contributed by atoms with Crippen molar-refractivity contribution in [2.45, 2.75) is 26.8 Å². The van der Waals surface area contributed by atoms with Crippen molar-refractivity contribution in [3.8, 4) is 16.9 Å². The molecular weight excluding hydrogens is 234 g/mol. The van der Waals surface area contributed by atoms with Gasteiger partial charge in [-0.3, -0.25) is 0 Å². The van der Waals surface area contributed by atoms with E-state index in [1.54, 1.807) is 7.11 Å². The number of hydrogen-bond acceptors (Lipinski definition) is 2. The Hall–Kier alpha value is -1.80. The Balaban J connectivity index is 2.59. The molecule has 2 nitrogen and oxygen atoms in total. The van der Waals surface area contributed by atoms with Crippen LogP contribution < -0.4 is 10.5 Å². The van der Waals surface area contributed by atoms with Gasteiger partial charge in [-0.15, -0.1) is 0 Å². The van der Waals surface area contributed by atoms with Crippen LogP contribution in [0.1, 0.15) is 29.7 Å². The van der Waals surface area contributed by atoms with E-state index >= 15 is 0 Å². The van der Waals surface area contributed by atoms with E-state index in [1.807, 2.05) is 13.0 Å². The topological polar surface area (TPSA) is 35.2 Å². The quantitative estimate of drug-likeness (QED) is 0.899. The van der Waals surface area contributed by atoms with Crippen LogP contribution in [0.3, 0.4) is 0 Å². The Morgan fingerprint density at radius 1 is 1.11 bits per heavy atom. The van der Waals surface area contributed by atoms with Crippen molar-refractivity contribution in [3.05, 3.63) is 53.1 Å². The monoisotopic (exact) mass is 255 g/mol. The predicted molar refractivity (Wildman–Crippen MR) is 80.5 cm³/mol. The molecular formula is C17H21NO. The van der Waals surface area contributed by atoms with E-state index in [2.05, 4.69) is 44.2 Å². The standard InChI is InChI=1S/C17H21NO/c1-11-8-9-16(17(19-4)12(11)2)15-7-5-6-14(10-15)13(3)18/h5-10,13H,18H2,1-4H3. The molecule has 0 heterocycles. The molecule has 0 bridgehead atoms. The van der Waals surface area contributed by atoms with Gasteiger partial charge in [0.15, 0.2) is 0 Å². The molecule has 2 N–H and O–H groups in total. The molecule has 0 aliphatic heterocycles. The summed E-state index contributed by atoms with van der Waals surface area (Å²) >= 11 is 0. The van der Waals surface area contributed by atoms with Gasteiger partial charge < -0.3 is 10.5 Å². The largest absolute Gasteiger partial charge is 0.496 e. The van der Waals surface area contributed by atoms with Gasteiger partial charge in [0, 0.05) is 11.6 Å². The van der Waals surface area contributed by atoms with Gasteiger partial charge in [-0.1, -0.05) is 30.3 Å². The molecule has 0 aliphatic carbocycles. The molecule has 0 saturated carbocycles. The SMILES string of the molecule is COc1c(-c2cccc(C(C)N)c2)ccc(C)c1C. The van der Waals surface area contributed by atoms with Gasteiger partial charge in [-0.2, -0.15) is 0 Å². The molecule has 0 spiro atoms. The van der Waals surface area contributed by atoms with Crippen molar-refractivity contribution in [1.82, 2.24) is 0 Å². The third-order valence-corrected chi connectivity index (χ3v) is 3.60. The molecule has 1 unspecified atom stereocenters. The zero-order valence-electron chi connectivity index (χ0n) is 12.0. The summed E-state index contributed by atoms with van der Waals surface area (Å²) in [6, 6.07) is 12.6. The summed E-state index contributed by atoms with van der Waals surface area (Å²) in [5, 5.41) is 0. The number of benzene rings is 2. The lowest BCUT2D eigenvalue weighted by Crippen LogP contribution is -2.04. The molecule has 2 rings (SSSR count). The summed E-state index contributed by atoms with van der Waals surface area (Å²) in [5.74, 6) is 0.946. The first-order valence-corrected chi connectivity index (χ1v) is 6.54. The van der Waals surface area contributed by atoms with Crippen LogP contribution >= 0.6 is 0 Å². The number of ether oxygens (including phenoxy) is 1. The number of methoxy groups -OCH3 is 1. The second-order valence-electron chi connectivity index (χ2n) is 5.00. The molecule has 1 atom stereocenters. The fraction of sp³-hybridized carbons (Fsp3) is 0.294. The maximum atomic E-state index is 5.95. The lowest BCUT2D eigenvalue weighted by atomic mass is 9.96. The smallest absolute Gasteiger partial charge is 0.129 e. The van der Waals surface area contributed by atoms with Gasteiger partial charge in [-0.05, 0) is 49.1 Å². The van der Waals surface area contributed by atoms with E-state index in [0.29, 0.717) is 0 Å². The fourth-order valence-electron chi connectivity index (χ4n) is 2.27. The van der Waals surface area contributed by atoms with Crippen molar-refractivity contribution < 1.29 is 4.74 Å². The highest BCUT2D eigenvalue weighted by Crippen LogP contribution is 2.35. The molecule has 2 aromatic rings. The second kappa shape index (κ2) is 5.45. The third-order valence-electron chi connectivity index (χ3n) is 3.60. The van der Waals surface area contributed by atoms with Crippen LogP contribution in [0, 0.1) is 13.8 Å². The fourth-order valence-corrected chi connectivity index (χ4v) is 2.27. The van der Waals surface area contributed by atoms with Crippen LogP contribution in [0.4, 0.5) is 0 Å². The Labute approximate surface area is 115 Å². The normalized spacial score (nSPS) is 12.3. The highest BCUT2D eigenvalue weighted by atomic mass is 16.5. The summed E-state index contributed by atoms with van der Waals surface area (Å²) in [5.41, 5.74) is 11.8. The molecule has 2 heteroatoms. The molecule has 2 aromatic carbocycles. The van der Waals surface area contributed by atoms with Crippen LogP contribution in [0.25, 0.3) is 11.1 Å². The van der Waals surface area contributed by atoms with E-state index < -0.39 is 0 Å². The number of rotatable bonds is 3. The Morgan fingerprint density at radius 2 is 1.84 bits per heavy atom. The highest BCUT2D eigenvalue weighted by molar-refractivity contribution is 5.73. The minimum absolute atomic E-state index is 0.0393. The zero-order chi connectivity index (χ0) is 14.0. The van der Waals surface area contributed by atoms with Gasteiger partial charge in [0.05, 0.1) is 7.11 Å². The first-order valence-electron chi connectivity index (χ1n) is 6.54. The van der Waals surface area contributed by atoms with Gasteiger partial charge in [0.1, 0.15) is 5.75 Å². The van der Waals surface area contributed by atoms with Crippen LogP contribution in [-0.4, -0.2) is 7.11 Å². The van der Waals surface area contributed by atoms with E-state index in [4.69, 9.17) is 10.5 Å². The third kappa shape index (κ3) is 2.64. The summed E-state index contributed by atoms with van der Waals surface area (Å²) in [6.07, 6.45) is 0. The zero-order valence-corrected chi connectivity index (χ0v) is 12.0. The molecule has 0 aromatic heterocycles. The first-order chi connectivity index (χ1) is 9.04.